The van der Waals surface area contributed by atoms with Crippen molar-refractivity contribution in [1.82, 2.24) is 10.2 Å². The molecule has 0 unspecified atom stereocenters. The number of rotatable bonds is 5. The van der Waals surface area contributed by atoms with Gasteiger partial charge in [0.25, 0.3) is 5.91 Å². The number of hydrogen-bond donors (Lipinski definition) is 2. The zero-order valence-corrected chi connectivity index (χ0v) is 19.9. The van der Waals surface area contributed by atoms with E-state index in [9.17, 15) is 4.79 Å². The van der Waals surface area contributed by atoms with E-state index in [1.165, 1.54) is 38.4 Å². The number of aliphatic imine (C=N–C) groups is 1. The normalized spacial score (nSPS) is 17.8. The maximum atomic E-state index is 12.1. The molecule has 30 heavy (non-hydrogen) atoms. The van der Waals surface area contributed by atoms with E-state index in [2.05, 4.69) is 22.5 Å². The third-order valence-electron chi connectivity index (χ3n) is 6.11. The summed E-state index contributed by atoms with van der Waals surface area (Å²) in [4.78, 5) is 19.4. The predicted octanol–water partition coefficient (Wildman–Crippen LogP) is 4.88. The molecule has 1 saturated heterocycles. The van der Waals surface area contributed by atoms with Crippen molar-refractivity contribution in [3.63, 3.8) is 0 Å². The molecule has 2 N–H and O–H groups in total. The molecule has 0 atom stereocenters. The Balaban J connectivity index is 0.00000256. The Bertz CT molecular complexity index is 843. The van der Waals surface area contributed by atoms with Crippen molar-refractivity contribution >= 4 is 41.5 Å². The van der Waals surface area contributed by atoms with Gasteiger partial charge in [-0.2, -0.15) is 0 Å². The van der Waals surface area contributed by atoms with E-state index >= 15 is 0 Å². The van der Waals surface area contributed by atoms with Crippen molar-refractivity contribution < 1.29 is 9.21 Å². The molecule has 1 spiro atoms. The Morgan fingerprint density at radius 1 is 1.17 bits per heavy atom. The SMILES string of the molecule is CCNC(=NCc1ccc(NC(=O)c2ccco2)cc1)N1CCC2(CCCC2)C1.I. The average Bonchev–Trinajstić information content (AvgIpc) is 3.50. The van der Waals surface area contributed by atoms with Gasteiger partial charge in [0, 0.05) is 25.3 Å². The number of carbonyl (C=O) groups is 1. The summed E-state index contributed by atoms with van der Waals surface area (Å²) in [6, 6.07) is 11.2. The van der Waals surface area contributed by atoms with Crippen LogP contribution in [0.25, 0.3) is 0 Å². The lowest BCUT2D eigenvalue weighted by molar-refractivity contribution is 0.0996. The minimum absolute atomic E-state index is 0. The number of carbonyl (C=O) groups excluding carboxylic acids is 1. The van der Waals surface area contributed by atoms with Gasteiger partial charge in [-0.1, -0.05) is 25.0 Å². The van der Waals surface area contributed by atoms with E-state index in [4.69, 9.17) is 9.41 Å². The topological polar surface area (TPSA) is 69.9 Å². The van der Waals surface area contributed by atoms with Gasteiger partial charge in [-0.15, -0.1) is 24.0 Å². The Morgan fingerprint density at radius 2 is 1.93 bits per heavy atom. The molecular formula is C23H31IN4O2. The molecule has 1 aliphatic heterocycles. The second-order valence-corrected chi connectivity index (χ2v) is 8.18. The monoisotopic (exact) mass is 522 g/mol. The van der Waals surface area contributed by atoms with Gasteiger partial charge in [0.1, 0.15) is 0 Å². The highest BCUT2D eigenvalue weighted by molar-refractivity contribution is 14.0. The first kappa shape index (κ1) is 22.7. The van der Waals surface area contributed by atoms with Crippen LogP contribution in [0.5, 0.6) is 0 Å². The van der Waals surface area contributed by atoms with Crippen LogP contribution in [0.2, 0.25) is 0 Å². The number of furan rings is 1. The molecule has 0 bridgehead atoms. The maximum Gasteiger partial charge on any atom is 0.291 e. The first-order chi connectivity index (χ1) is 14.2. The molecule has 6 nitrogen and oxygen atoms in total. The summed E-state index contributed by atoms with van der Waals surface area (Å²) in [5.74, 6) is 1.08. The number of amides is 1. The highest BCUT2D eigenvalue weighted by Crippen LogP contribution is 2.45. The van der Waals surface area contributed by atoms with Crippen molar-refractivity contribution in [3.8, 4) is 0 Å². The molecule has 2 heterocycles. The summed E-state index contributed by atoms with van der Waals surface area (Å²) < 4.78 is 5.12. The second kappa shape index (κ2) is 10.3. The molecule has 1 saturated carbocycles. The number of likely N-dealkylation sites (tertiary alicyclic amines) is 1. The van der Waals surface area contributed by atoms with E-state index in [1.807, 2.05) is 24.3 Å². The summed E-state index contributed by atoms with van der Waals surface area (Å²) in [5.41, 5.74) is 2.39. The first-order valence-electron chi connectivity index (χ1n) is 10.6. The van der Waals surface area contributed by atoms with Gasteiger partial charge in [-0.25, -0.2) is 4.99 Å². The summed E-state index contributed by atoms with van der Waals surface area (Å²) >= 11 is 0. The van der Waals surface area contributed by atoms with Crippen LogP contribution in [0.15, 0.2) is 52.1 Å². The number of benzene rings is 1. The number of hydrogen-bond acceptors (Lipinski definition) is 3. The van der Waals surface area contributed by atoms with E-state index in [0.717, 1.165) is 36.8 Å². The molecule has 1 aromatic heterocycles. The predicted molar refractivity (Wildman–Crippen MR) is 130 cm³/mol. The lowest BCUT2D eigenvalue weighted by atomic mass is 9.86. The number of guanidine groups is 1. The summed E-state index contributed by atoms with van der Waals surface area (Å²) in [6.07, 6.45) is 8.28. The molecule has 1 aliphatic carbocycles. The van der Waals surface area contributed by atoms with Gasteiger partial charge in [-0.05, 0) is 61.4 Å². The molecule has 1 amide bonds. The fraction of sp³-hybridized carbons (Fsp3) is 0.478. The van der Waals surface area contributed by atoms with Gasteiger partial charge in [0.05, 0.1) is 12.8 Å². The van der Waals surface area contributed by atoms with Crippen LogP contribution in [0.3, 0.4) is 0 Å². The molecule has 4 rings (SSSR count). The summed E-state index contributed by atoms with van der Waals surface area (Å²) in [6.45, 7) is 5.85. The third-order valence-corrected chi connectivity index (χ3v) is 6.11. The minimum Gasteiger partial charge on any atom is -0.459 e. The zero-order chi connectivity index (χ0) is 20.1. The number of anilines is 1. The summed E-state index contributed by atoms with van der Waals surface area (Å²) in [7, 11) is 0. The van der Waals surface area contributed by atoms with Gasteiger partial charge in [0.2, 0.25) is 0 Å². The molecule has 7 heteroatoms. The average molecular weight is 522 g/mol. The smallest absolute Gasteiger partial charge is 0.291 e. The lowest BCUT2D eigenvalue weighted by Crippen LogP contribution is -2.41. The minimum atomic E-state index is -0.245. The van der Waals surface area contributed by atoms with Crippen LogP contribution in [-0.2, 0) is 6.54 Å². The van der Waals surface area contributed by atoms with E-state index in [0.29, 0.717) is 17.7 Å². The standard InChI is InChI=1S/C23H30N4O2.HI/c1-2-24-22(27-14-13-23(17-27)11-3-4-12-23)25-16-18-7-9-19(10-8-18)26-21(28)20-6-5-15-29-20;/h5-10,15H,2-4,11-14,16-17H2,1H3,(H,24,25)(H,26,28);1H. The second-order valence-electron chi connectivity index (χ2n) is 8.18. The highest BCUT2D eigenvalue weighted by atomic mass is 127. The zero-order valence-electron chi connectivity index (χ0n) is 17.5. The summed E-state index contributed by atoms with van der Waals surface area (Å²) in [5, 5.41) is 6.30. The van der Waals surface area contributed by atoms with Crippen LogP contribution in [-0.4, -0.2) is 36.4 Å². The fourth-order valence-electron chi connectivity index (χ4n) is 4.53. The molecule has 162 valence electrons. The van der Waals surface area contributed by atoms with Crippen LogP contribution in [0, 0.1) is 5.41 Å². The number of nitrogens with one attached hydrogen (secondary N) is 2. The number of halogens is 1. The van der Waals surface area contributed by atoms with Gasteiger partial charge >= 0.3 is 0 Å². The third kappa shape index (κ3) is 5.36. The van der Waals surface area contributed by atoms with Gasteiger partial charge < -0.3 is 20.0 Å². The van der Waals surface area contributed by atoms with E-state index in [-0.39, 0.29) is 29.9 Å². The van der Waals surface area contributed by atoms with Crippen LogP contribution in [0.1, 0.15) is 55.1 Å². The quantitative estimate of drug-likeness (QED) is 0.334. The molecule has 2 fully saturated rings. The Labute approximate surface area is 195 Å². The Morgan fingerprint density at radius 3 is 2.60 bits per heavy atom. The molecular weight excluding hydrogens is 491 g/mol. The van der Waals surface area contributed by atoms with Crippen LogP contribution < -0.4 is 10.6 Å². The largest absolute Gasteiger partial charge is 0.459 e. The Hall–Kier alpha value is -2.03. The van der Waals surface area contributed by atoms with Crippen molar-refractivity contribution in [1.29, 1.82) is 0 Å². The van der Waals surface area contributed by atoms with Gasteiger partial charge in [-0.3, -0.25) is 4.79 Å². The van der Waals surface area contributed by atoms with Crippen molar-refractivity contribution in [2.75, 3.05) is 25.0 Å². The Kier molecular flexibility index (Phi) is 7.80. The number of nitrogens with zero attached hydrogens (tertiary/aromatic N) is 2. The van der Waals surface area contributed by atoms with Gasteiger partial charge in [0.15, 0.2) is 11.7 Å². The fourth-order valence-corrected chi connectivity index (χ4v) is 4.53. The van der Waals surface area contributed by atoms with E-state index in [1.54, 1.807) is 12.1 Å². The molecule has 1 aromatic carbocycles. The lowest BCUT2D eigenvalue weighted by Gasteiger charge is -2.26. The van der Waals surface area contributed by atoms with Crippen molar-refractivity contribution in [3.05, 3.63) is 54.0 Å². The van der Waals surface area contributed by atoms with Crippen molar-refractivity contribution in [2.45, 2.75) is 45.6 Å². The molecule has 2 aliphatic rings. The van der Waals surface area contributed by atoms with Crippen molar-refractivity contribution in [2.24, 2.45) is 10.4 Å². The van der Waals surface area contributed by atoms with Crippen LogP contribution in [0.4, 0.5) is 5.69 Å². The first-order valence-corrected chi connectivity index (χ1v) is 10.6. The molecule has 0 radical (unpaired) electrons. The van der Waals surface area contributed by atoms with Crippen LogP contribution >= 0.6 is 24.0 Å². The highest BCUT2D eigenvalue weighted by Gasteiger charge is 2.41. The molecule has 2 aromatic rings. The van der Waals surface area contributed by atoms with E-state index < -0.39 is 0 Å². The maximum absolute atomic E-state index is 12.1.